The molecule has 1 aromatic heterocycles. The number of alkyl carbamates (subject to hydrolysis) is 1. The molecule has 2 rings (SSSR count). The maximum absolute atomic E-state index is 12.5. The van der Waals surface area contributed by atoms with E-state index in [1.54, 1.807) is 16.2 Å². The number of carbonyl (C=O) groups excluding carboxylic acids is 2. The smallest absolute Gasteiger partial charge is 0.407 e. The number of carbonyl (C=O) groups is 2. The van der Waals surface area contributed by atoms with E-state index < -0.39 is 11.7 Å². The number of ether oxygens (including phenoxy) is 1. The summed E-state index contributed by atoms with van der Waals surface area (Å²) in [5.74, 6) is 0.142. The normalized spacial score (nSPS) is 21.0. The van der Waals surface area contributed by atoms with Crippen molar-refractivity contribution < 1.29 is 14.3 Å². The summed E-state index contributed by atoms with van der Waals surface area (Å²) in [6, 6.07) is 2.06. The molecule has 1 aliphatic carbocycles. The van der Waals surface area contributed by atoms with Crippen molar-refractivity contribution in [3.8, 4) is 0 Å². The summed E-state index contributed by atoms with van der Waals surface area (Å²) in [6.45, 7) is 6.16. The average Bonchev–Trinajstić information content (AvgIpc) is 3.07. The fourth-order valence-corrected chi connectivity index (χ4v) is 3.52. The Morgan fingerprint density at radius 2 is 2.13 bits per heavy atom. The second-order valence-corrected chi connectivity index (χ2v) is 7.96. The number of amides is 2. The molecular weight excluding hydrogens is 312 g/mol. The first-order valence-corrected chi connectivity index (χ1v) is 8.94. The maximum Gasteiger partial charge on any atom is 0.407 e. The van der Waals surface area contributed by atoms with Gasteiger partial charge in [0, 0.05) is 25.6 Å². The van der Waals surface area contributed by atoms with Crippen LogP contribution in [-0.2, 0) is 16.1 Å². The molecule has 2 atom stereocenters. The first kappa shape index (κ1) is 17.8. The van der Waals surface area contributed by atoms with Crippen LogP contribution in [0, 0.1) is 5.92 Å². The van der Waals surface area contributed by atoms with Gasteiger partial charge in [0.05, 0.1) is 0 Å². The molecular formula is C17H26N2O3S. The Morgan fingerprint density at radius 1 is 1.39 bits per heavy atom. The quantitative estimate of drug-likeness (QED) is 0.915. The van der Waals surface area contributed by atoms with Crippen LogP contribution in [0.2, 0.25) is 0 Å². The second kappa shape index (κ2) is 7.34. The summed E-state index contributed by atoms with van der Waals surface area (Å²) in [6.07, 6.45) is 1.92. The topological polar surface area (TPSA) is 58.6 Å². The molecule has 1 heterocycles. The van der Waals surface area contributed by atoms with Gasteiger partial charge in [-0.2, -0.15) is 11.3 Å². The summed E-state index contributed by atoms with van der Waals surface area (Å²) < 4.78 is 5.27. The van der Waals surface area contributed by atoms with E-state index >= 15 is 0 Å². The molecule has 0 unspecified atom stereocenters. The van der Waals surface area contributed by atoms with Crippen molar-refractivity contribution in [3.63, 3.8) is 0 Å². The monoisotopic (exact) mass is 338 g/mol. The standard InChI is InChI=1S/C17H26N2O3S/c1-17(2,3)22-16(21)18-14-6-5-13(9-14)15(20)19(4)10-12-7-8-23-11-12/h7-8,11,13-14H,5-6,9-10H2,1-4H3,(H,18,21)/t13-,14-/m0/s1. The van der Waals surface area contributed by atoms with E-state index in [1.807, 2.05) is 39.3 Å². The number of hydrogen-bond donors (Lipinski definition) is 1. The largest absolute Gasteiger partial charge is 0.444 e. The first-order chi connectivity index (χ1) is 10.7. The van der Waals surface area contributed by atoms with Crippen molar-refractivity contribution in [2.45, 2.75) is 58.2 Å². The third kappa shape index (κ3) is 5.53. The van der Waals surface area contributed by atoms with Gasteiger partial charge in [-0.25, -0.2) is 4.79 Å². The highest BCUT2D eigenvalue weighted by Gasteiger charge is 2.33. The van der Waals surface area contributed by atoms with Crippen molar-refractivity contribution in [2.24, 2.45) is 5.92 Å². The molecule has 128 valence electrons. The van der Waals surface area contributed by atoms with Crippen molar-refractivity contribution in [3.05, 3.63) is 22.4 Å². The van der Waals surface area contributed by atoms with Gasteiger partial charge in [-0.15, -0.1) is 0 Å². The first-order valence-electron chi connectivity index (χ1n) is 8.00. The van der Waals surface area contributed by atoms with E-state index in [2.05, 4.69) is 10.7 Å². The highest BCUT2D eigenvalue weighted by molar-refractivity contribution is 7.07. The minimum Gasteiger partial charge on any atom is -0.444 e. The molecule has 0 saturated heterocycles. The van der Waals surface area contributed by atoms with Crippen molar-refractivity contribution in [1.82, 2.24) is 10.2 Å². The molecule has 0 radical (unpaired) electrons. The van der Waals surface area contributed by atoms with Crippen LogP contribution in [0.5, 0.6) is 0 Å². The van der Waals surface area contributed by atoms with Gasteiger partial charge >= 0.3 is 6.09 Å². The van der Waals surface area contributed by atoms with Gasteiger partial charge in [0.1, 0.15) is 5.60 Å². The summed E-state index contributed by atoms with van der Waals surface area (Å²) in [7, 11) is 1.84. The van der Waals surface area contributed by atoms with Crippen LogP contribution in [0.15, 0.2) is 16.8 Å². The Hall–Kier alpha value is -1.56. The lowest BCUT2D eigenvalue weighted by atomic mass is 10.1. The van der Waals surface area contributed by atoms with Gasteiger partial charge in [0.15, 0.2) is 0 Å². The van der Waals surface area contributed by atoms with E-state index in [-0.39, 0.29) is 17.9 Å². The lowest BCUT2D eigenvalue weighted by Crippen LogP contribution is -2.38. The van der Waals surface area contributed by atoms with Crippen LogP contribution < -0.4 is 5.32 Å². The Balaban J connectivity index is 1.80. The molecule has 1 aromatic rings. The molecule has 0 aliphatic heterocycles. The van der Waals surface area contributed by atoms with E-state index in [4.69, 9.17) is 4.74 Å². The Kier molecular flexibility index (Phi) is 5.68. The molecule has 1 aliphatic rings. The van der Waals surface area contributed by atoms with Gasteiger partial charge < -0.3 is 15.0 Å². The van der Waals surface area contributed by atoms with Crippen molar-refractivity contribution >= 4 is 23.3 Å². The minimum atomic E-state index is -0.501. The van der Waals surface area contributed by atoms with Crippen LogP contribution >= 0.6 is 11.3 Å². The molecule has 6 heteroatoms. The van der Waals surface area contributed by atoms with Crippen LogP contribution in [0.3, 0.4) is 0 Å². The van der Waals surface area contributed by atoms with E-state index in [0.717, 1.165) is 18.4 Å². The number of thiophene rings is 1. The molecule has 5 nitrogen and oxygen atoms in total. The highest BCUT2D eigenvalue weighted by atomic mass is 32.1. The maximum atomic E-state index is 12.5. The number of nitrogens with one attached hydrogen (secondary N) is 1. The summed E-state index contributed by atoms with van der Waals surface area (Å²) in [5.41, 5.74) is 0.658. The fourth-order valence-electron chi connectivity index (χ4n) is 2.86. The number of rotatable bonds is 4. The van der Waals surface area contributed by atoms with Gasteiger partial charge in [-0.05, 0) is 62.4 Å². The predicted molar refractivity (Wildman–Crippen MR) is 91.3 cm³/mol. The lowest BCUT2D eigenvalue weighted by Gasteiger charge is -2.22. The van der Waals surface area contributed by atoms with Gasteiger partial charge in [0.2, 0.25) is 5.91 Å². The zero-order valence-electron chi connectivity index (χ0n) is 14.3. The molecule has 1 N–H and O–H groups in total. The molecule has 0 spiro atoms. The lowest BCUT2D eigenvalue weighted by molar-refractivity contribution is -0.134. The van der Waals surface area contributed by atoms with Crippen LogP contribution in [0.4, 0.5) is 4.79 Å². The summed E-state index contributed by atoms with van der Waals surface area (Å²) in [5, 5.41) is 6.95. The predicted octanol–water partition coefficient (Wildman–Crippen LogP) is 3.40. The van der Waals surface area contributed by atoms with E-state index in [1.165, 1.54) is 0 Å². The number of hydrogen-bond acceptors (Lipinski definition) is 4. The van der Waals surface area contributed by atoms with Gasteiger partial charge in [-0.1, -0.05) is 0 Å². The van der Waals surface area contributed by atoms with E-state index in [9.17, 15) is 9.59 Å². The zero-order valence-corrected chi connectivity index (χ0v) is 15.1. The molecule has 2 amide bonds. The van der Waals surface area contributed by atoms with E-state index in [0.29, 0.717) is 13.0 Å². The summed E-state index contributed by atoms with van der Waals surface area (Å²) >= 11 is 1.64. The second-order valence-electron chi connectivity index (χ2n) is 7.18. The van der Waals surface area contributed by atoms with Crippen LogP contribution in [0.25, 0.3) is 0 Å². The fraction of sp³-hybridized carbons (Fsp3) is 0.647. The molecule has 1 fully saturated rings. The summed E-state index contributed by atoms with van der Waals surface area (Å²) in [4.78, 5) is 26.1. The minimum absolute atomic E-state index is 0.0152. The Morgan fingerprint density at radius 3 is 2.74 bits per heavy atom. The molecule has 23 heavy (non-hydrogen) atoms. The molecule has 0 bridgehead atoms. The van der Waals surface area contributed by atoms with Gasteiger partial charge in [0.25, 0.3) is 0 Å². The van der Waals surface area contributed by atoms with Crippen molar-refractivity contribution in [1.29, 1.82) is 0 Å². The average molecular weight is 338 g/mol. The number of nitrogens with zero attached hydrogens (tertiary/aromatic N) is 1. The van der Waals surface area contributed by atoms with Gasteiger partial charge in [-0.3, -0.25) is 4.79 Å². The van der Waals surface area contributed by atoms with Crippen LogP contribution in [-0.4, -0.2) is 35.6 Å². The Bertz CT molecular complexity index is 537. The highest BCUT2D eigenvalue weighted by Crippen LogP contribution is 2.28. The SMILES string of the molecule is CN(Cc1ccsc1)C(=O)[C@H]1CC[C@H](NC(=O)OC(C)(C)C)C1. The third-order valence-electron chi connectivity index (χ3n) is 3.88. The third-order valence-corrected chi connectivity index (χ3v) is 4.61. The molecule has 1 saturated carbocycles. The Labute approximate surface area is 142 Å². The molecule has 0 aromatic carbocycles. The zero-order chi connectivity index (χ0) is 17.0. The van der Waals surface area contributed by atoms with Crippen molar-refractivity contribution in [2.75, 3.05) is 7.05 Å². The van der Waals surface area contributed by atoms with Crippen LogP contribution in [0.1, 0.15) is 45.6 Å².